The third-order valence-corrected chi connectivity index (χ3v) is 3.52. The fourth-order valence-corrected chi connectivity index (χ4v) is 2.59. The van der Waals surface area contributed by atoms with Crippen LogP contribution in [0.5, 0.6) is 0 Å². The number of amides is 2. The van der Waals surface area contributed by atoms with Crippen LogP contribution in [0, 0.1) is 0 Å². The normalized spacial score (nSPS) is 21.7. The number of benzene rings is 1. The van der Waals surface area contributed by atoms with Crippen LogP contribution in [0.25, 0.3) is 0 Å². The smallest absolute Gasteiger partial charge is 0.249 e. The second-order valence-corrected chi connectivity index (χ2v) is 4.63. The van der Waals surface area contributed by atoms with Crippen LogP contribution >= 0.6 is 0 Å². The minimum absolute atomic E-state index is 0.227. The van der Waals surface area contributed by atoms with Gasteiger partial charge in [-0.25, -0.2) is 0 Å². The highest BCUT2D eigenvalue weighted by Crippen LogP contribution is 2.36. The highest BCUT2D eigenvalue weighted by Gasteiger charge is 2.35. The van der Waals surface area contributed by atoms with E-state index in [9.17, 15) is 14.4 Å². The lowest BCUT2D eigenvalue weighted by Gasteiger charge is -2.30. The molecule has 1 aromatic rings. The lowest BCUT2D eigenvalue weighted by Crippen LogP contribution is -2.52. The van der Waals surface area contributed by atoms with Gasteiger partial charge in [-0.3, -0.25) is 19.7 Å². The van der Waals surface area contributed by atoms with Gasteiger partial charge in [0.15, 0.2) is 6.29 Å². The molecule has 0 aromatic heterocycles. The number of nitrogens with one attached hydrogen (secondary N) is 2. The van der Waals surface area contributed by atoms with Crippen molar-refractivity contribution in [2.75, 3.05) is 16.9 Å². The maximum absolute atomic E-state index is 11.9. The van der Waals surface area contributed by atoms with Crippen LogP contribution in [-0.2, 0) is 9.59 Å². The van der Waals surface area contributed by atoms with E-state index in [1.165, 1.54) is 0 Å². The lowest BCUT2D eigenvalue weighted by molar-refractivity contribution is -0.134. The molecule has 2 amide bonds. The average Bonchev–Trinajstić information content (AvgIpc) is 2.82. The second-order valence-electron chi connectivity index (χ2n) is 4.63. The molecule has 98 valence electrons. The molecular weight excluding hydrogens is 246 g/mol. The Hall–Kier alpha value is -2.37. The number of carbonyl (C=O) groups excluding carboxylic acids is 3. The zero-order valence-electron chi connectivity index (χ0n) is 10.2. The topological polar surface area (TPSA) is 78.5 Å². The molecule has 2 heterocycles. The van der Waals surface area contributed by atoms with E-state index in [1.807, 2.05) is 11.0 Å². The first kappa shape index (κ1) is 11.7. The largest absolute Gasteiger partial charge is 0.365 e. The Labute approximate surface area is 109 Å². The summed E-state index contributed by atoms with van der Waals surface area (Å²) >= 11 is 0. The van der Waals surface area contributed by atoms with Crippen molar-refractivity contribution in [3.63, 3.8) is 0 Å². The van der Waals surface area contributed by atoms with E-state index >= 15 is 0 Å². The molecule has 0 saturated carbocycles. The number of piperidine rings is 1. The van der Waals surface area contributed by atoms with Gasteiger partial charge in [-0.05, 0) is 18.6 Å². The number of para-hydroxylation sites is 1. The first-order valence-electron chi connectivity index (χ1n) is 6.13. The van der Waals surface area contributed by atoms with Gasteiger partial charge in [0.05, 0.1) is 18.0 Å². The zero-order chi connectivity index (χ0) is 13.4. The van der Waals surface area contributed by atoms with Gasteiger partial charge in [0.1, 0.15) is 6.04 Å². The summed E-state index contributed by atoms with van der Waals surface area (Å²) in [6.45, 7) is 0.465. The Morgan fingerprint density at radius 1 is 1.32 bits per heavy atom. The molecule has 6 nitrogen and oxygen atoms in total. The second kappa shape index (κ2) is 4.38. The van der Waals surface area contributed by atoms with Crippen LogP contribution < -0.4 is 15.5 Å². The van der Waals surface area contributed by atoms with E-state index in [2.05, 4.69) is 10.6 Å². The number of imide groups is 1. The minimum atomic E-state index is -0.367. The summed E-state index contributed by atoms with van der Waals surface area (Å²) < 4.78 is 0. The zero-order valence-corrected chi connectivity index (χ0v) is 10.2. The molecule has 2 aliphatic heterocycles. The Bertz CT molecular complexity index is 570. The van der Waals surface area contributed by atoms with Crippen LogP contribution in [0.4, 0.5) is 11.4 Å². The van der Waals surface area contributed by atoms with Gasteiger partial charge in [-0.2, -0.15) is 0 Å². The molecule has 6 heteroatoms. The molecule has 0 bridgehead atoms. The third kappa shape index (κ3) is 1.85. The van der Waals surface area contributed by atoms with E-state index in [-0.39, 0.29) is 17.9 Å². The highest BCUT2D eigenvalue weighted by molar-refractivity contribution is 6.03. The van der Waals surface area contributed by atoms with E-state index in [4.69, 9.17) is 0 Å². The summed E-state index contributed by atoms with van der Waals surface area (Å²) in [6, 6.07) is 5.01. The van der Waals surface area contributed by atoms with Gasteiger partial charge in [0, 0.05) is 12.0 Å². The number of hydrogen-bond acceptors (Lipinski definition) is 5. The number of carbonyl (C=O) groups is 3. The maximum atomic E-state index is 11.9. The SMILES string of the molecule is O=Cc1cccc2c1NCN2C1CCC(=O)NC1=O. The van der Waals surface area contributed by atoms with Crippen molar-refractivity contribution >= 4 is 29.5 Å². The summed E-state index contributed by atoms with van der Waals surface area (Å²) in [5.41, 5.74) is 2.16. The molecular formula is C13H13N3O3. The summed E-state index contributed by atoms with van der Waals surface area (Å²) in [4.78, 5) is 35.9. The van der Waals surface area contributed by atoms with Crippen molar-refractivity contribution in [2.24, 2.45) is 0 Å². The number of anilines is 2. The number of aldehydes is 1. The fourth-order valence-electron chi connectivity index (χ4n) is 2.59. The summed E-state index contributed by atoms with van der Waals surface area (Å²) in [6.07, 6.45) is 1.63. The average molecular weight is 259 g/mol. The Kier molecular flexibility index (Phi) is 2.70. The van der Waals surface area contributed by atoms with E-state index in [1.54, 1.807) is 12.1 Å². The van der Waals surface area contributed by atoms with Crippen molar-refractivity contribution in [3.05, 3.63) is 23.8 Å². The molecule has 1 fully saturated rings. The number of nitrogens with zero attached hydrogens (tertiary/aromatic N) is 1. The summed E-state index contributed by atoms with van der Waals surface area (Å²) in [5, 5.41) is 5.48. The molecule has 0 aliphatic carbocycles. The van der Waals surface area contributed by atoms with Gasteiger partial charge in [-0.15, -0.1) is 0 Å². The predicted molar refractivity (Wildman–Crippen MR) is 69.0 cm³/mol. The quantitative estimate of drug-likeness (QED) is 0.597. The van der Waals surface area contributed by atoms with Gasteiger partial charge in [0.25, 0.3) is 0 Å². The number of rotatable bonds is 2. The first-order chi connectivity index (χ1) is 9.20. The first-order valence-corrected chi connectivity index (χ1v) is 6.13. The molecule has 1 saturated heterocycles. The summed E-state index contributed by atoms with van der Waals surface area (Å²) in [5.74, 6) is -0.502. The third-order valence-electron chi connectivity index (χ3n) is 3.52. The van der Waals surface area contributed by atoms with Gasteiger partial charge in [0.2, 0.25) is 11.8 Å². The fraction of sp³-hybridized carbons (Fsp3) is 0.308. The molecule has 0 radical (unpaired) electrons. The van der Waals surface area contributed by atoms with Crippen LogP contribution in [0.1, 0.15) is 23.2 Å². The van der Waals surface area contributed by atoms with E-state index in [0.29, 0.717) is 25.1 Å². The van der Waals surface area contributed by atoms with Crippen LogP contribution in [0.2, 0.25) is 0 Å². The molecule has 0 spiro atoms. The molecule has 1 atom stereocenters. The Morgan fingerprint density at radius 2 is 2.16 bits per heavy atom. The monoisotopic (exact) mass is 259 g/mol. The van der Waals surface area contributed by atoms with Crippen LogP contribution in [0.15, 0.2) is 18.2 Å². The van der Waals surface area contributed by atoms with Crippen molar-refractivity contribution in [2.45, 2.75) is 18.9 Å². The molecule has 19 heavy (non-hydrogen) atoms. The molecule has 2 N–H and O–H groups in total. The van der Waals surface area contributed by atoms with Crippen molar-refractivity contribution in [1.29, 1.82) is 0 Å². The van der Waals surface area contributed by atoms with E-state index in [0.717, 1.165) is 17.7 Å². The van der Waals surface area contributed by atoms with E-state index < -0.39 is 0 Å². The predicted octanol–water partition coefficient (Wildman–Crippen LogP) is 0.494. The molecule has 1 aromatic carbocycles. The van der Waals surface area contributed by atoms with Gasteiger partial charge >= 0.3 is 0 Å². The standard InChI is InChI=1S/C13H13N3O3/c17-6-8-2-1-3-9-12(8)14-7-16(9)10-4-5-11(18)15-13(10)19/h1-3,6,10,14H,4-5,7H2,(H,15,18,19). The van der Waals surface area contributed by atoms with Gasteiger partial charge in [-0.1, -0.05) is 6.07 Å². The number of hydrogen-bond donors (Lipinski definition) is 2. The highest BCUT2D eigenvalue weighted by atomic mass is 16.2. The van der Waals surface area contributed by atoms with Crippen molar-refractivity contribution < 1.29 is 14.4 Å². The van der Waals surface area contributed by atoms with Crippen LogP contribution in [0.3, 0.4) is 0 Å². The Morgan fingerprint density at radius 3 is 2.89 bits per heavy atom. The minimum Gasteiger partial charge on any atom is -0.365 e. The maximum Gasteiger partial charge on any atom is 0.249 e. The van der Waals surface area contributed by atoms with Crippen molar-refractivity contribution in [1.82, 2.24) is 5.32 Å². The Balaban J connectivity index is 1.92. The molecule has 1 unspecified atom stereocenters. The van der Waals surface area contributed by atoms with Gasteiger partial charge < -0.3 is 10.2 Å². The lowest BCUT2D eigenvalue weighted by atomic mass is 10.0. The number of fused-ring (bicyclic) bond motifs is 1. The molecule has 3 rings (SSSR count). The molecule has 2 aliphatic rings. The van der Waals surface area contributed by atoms with Crippen LogP contribution in [-0.4, -0.2) is 30.8 Å². The van der Waals surface area contributed by atoms with Crippen molar-refractivity contribution in [3.8, 4) is 0 Å². The summed E-state index contributed by atoms with van der Waals surface area (Å²) in [7, 11) is 0.